The molecule has 0 aliphatic heterocycles. The number of halogens is 1. The SMILES string of the molecule is Cc1ccc(CC(Cl)c2cc(C)c(C)s2)cc1. The van der Waals surface area contributed by atoms with Crippen molar-refractivity contribution in [2.75, 3.05) is 0 Å². The van der Waals surface area contributed by atoms with Crippen LogP contribution in [-0.4, -0.2) is 0 Å². The molecule has 2 aromatic rings. The highest BCUT2D eigenvalue weighted by Gasteiger charge is 2.12. The summed E-state index contributed by atoms with van der Waals surface area (Å²) in [7, 11) is 0. The van der Waals surface area contributed by atoms with Crippen molar-refractivity contribution < 1.29 is 0 Å². The third kappa shape index (κ3) is 3.11. The molecule has 0 nitrogen and oxygen atoms in total. The molecule has 2 heteroatoms. The Morgan fingerprint density at radius 1 is 1.12 bits per heavy atom. The van der Waals surface area contributed by atoms with Crippen LogP contribution >= 0.6 is 22.9 Å². The second-order valence-corrected chi connectivity index (χ2v) is 6.36. The van der Waals surface area contributed by atoms with Gasteiger partial charge in [0.15, 0.2) is 0 Å². The topological polar surface area (TPSA) is 0 Å². The fourth-order valence-electron chi connectivity index (χ4n) is 1.79. The van der Waals surface area contributed by atoms with Crippen LogP contribution in [0.1, 0.15) is 31.8 Å². The van der Waals surface area contributed by atoms with Crippen molar-refractivity contribution in [1.82, 2.24) is 0 Å². The van der Waals surface area contributed by atoms with Crippen molar-refractivity contribution in [2.45, 2.75) is 32.6 Å². The normalized spacial score (nSPS) is 12.7. The molecular formula is C15H17ClS. The molecule has 1 heterocycles. The first-order chi connectivity index (χ1) is 8.06. The fourth-order valence-corrected chi connectivity index (χ4v) is 3.18. The van der Waals surface area contributed by atoms with Crippen LogP contribution in [0.15, 0.2) is 30.3 Å². The molecule has 0 saturated heterocycles. The molecule has 1 unspecified atom stereocenters. The van der Waals surface area contributed by atoms with E-state index in [0.717, 1.165) is 6.42 Å². The number of thiophene rings is 1. The number of aryl methyl sites for hydroxylation is 3. The van der Waals surface area contributed by atoms with Gasteiger partial charge in [-0.1, -0.05) is 29.8 Å². The zero-order valence-corrected chi connectivity index (χ0v) is 12.0. The van der Waals surface area contributed by atoms with Crippen molar-refractivity contribution in [3.63, 3.8) is 0 Å². The van der Waals surface area contributed by atoms with Crippen molar-refractivity contribution in [1.29, 1.82) is 0 Å². The molecule has 0 radical (unpaired) electrons. The van der Waals surface area contributed by atoms with Gasteiger partial charge in [0.25, 0.3) is 0 Å². The van der Waals surface area contributed by atoms with E-state index in [4.69, 9.17) is 11.6 Å². The summed E-state index contributed by atoms with van der Waals surface area (Å²) in [6.07, 6.45) is 0.904. The van der Waals surface area contributed by atoms with Gasteiger partial charge >= 0.3 is 0 Å². The van der Waals surface area contributed by atoms with Gasteiger partial charge in [0.1, 0.15) is 0 Å². The predicted octanol–water partition coefficient (Wildman–Crippen LogP) is 5.20. The smallest absolute Gasteiger partial charge is 0.0719 e. The van der Waals surface area contributed by atoms with Crippen LogP contribution in [0.4, 0.5) is 0 Å². The Balaban J connectivity index is 2.11. The van der Waals surface area contributed by atoms with Crippen molar-refractivity contribution >= 4 is 22.9 Å². The molecule has 90 valence electrons. The maximum atomic E-state index is 6.48. The molecule has 2 rings (SSSR count). The highest BCUT2D eigenvalue weighted by Crippen LogP contribution is 2.32. The summed E-state index contributed by atoms with van der Waals surface area (Å²) in [5.74, 6) is 0. The first-order valence-electron chi connectivity index (χ1n) is 5.83. The molecule has 1 atom stereocenters. The lowest BCUT2D eigenvalue weighted by atomic mass is 10.1. The minimum atomic E-state index is 0.0927. The van der Waals surface area contributed by atoms with E-state index in [-0.39, 0.29) is 5.38 Å². The Hall–Kier alpha value is -0.790. The lowest BCUT2D eigenvalue weighted by Gasteiger charge is -2.07. The summed E-state index contributed by atoms with van der Waals surface area (Å²) in [5.41, 5.74) is 3.95. The van der Waals surface area contributed by atoms with E-state index in [0.29, 0.717) is 0 Å². The third-order valence-electron chi connectivity index (χ3n) is 3.03. The van der Waals surface area contributed by atoms with Gasteiger partial charge in [0.2, 0.25) is 0 Å². The van der Waals surface area contributed by atoms with E-state index in [1.807, 2.05) is 11.3 Å². The highest BCUT2D eigenvalue weighted by atomic mass is 35.5. The van der Waals surface area contributed by atoms with Gasteiger partial charge in [-0.15, -0.1) is 22.9 Å². The lowest BCUT2D eigenvalue weighted by molar-refractivity contribution is 0.938. The van der Waals surface area contributed by atoms with Crippen molar-refractivity contribution in [3.05, 3.63) is 56.8 Å². The first kappa shape index (κ1) is 12.7. The number of rotatable bonds is 3. The van der Waals surface area contributed by atoms with Gasteiger partial charge in [-0.05, 0) is 44.4 Å². The minimum absolute atomic E-state index is 0.0927. The van der Waals surface area contributed by atoms with Gasteiger partial charge < -0.3 is 0 Å². The average molecular weight is 265 g/mol. The highest BCUT2D eigenvalue weighted by molar-refractivity contribution is 7.12. The third-order valence-corrected chi connectivity index (χ3v) is 4.81. The molecule has 1 aromatic carbocycles. The Bertz CT molecular complexity index is 477. The second kappa shape index (κ2) is 5.24. The molecular weight excluding hydrogens is 248 g/mol. The molecule has 0 aliphatic rings. The van der Waals surface area contributed by atoms with Gasteiger partial charge in [0, 0.05) is 9.75 Å². The summed E-state index contributed by atoms with van der Waals surface area (Å²) in [5, 5.41) is 0.0927. The van der Waals surface area contributed by atoms with Crippen LogP contribution in [-0.2, 0) is 6.42 Å². The Kier molecular flexibility index (Phi) is 3.90. The quantitative estimate of drug-likeness (QED) is 0.669. The molecule has 0 saturated carbocycles. The molecule has 1 aromatic heterocycles. The summed E-state index contributed by atoms with van der Waals surface area (Å²) in [4.78, 5) is 2.65. The van der Waals surface area contributed by atoms with E-state index in [1.54, 1.807) is 0 Å². The fraction of sp³-hybridized carbons (Fsp3) is 0.333. The molecule has 0 bridgehead atoms. The van der Waals surface area contributed by atoms with Crippen LogP contribution in [0.2, 0.25) is 0 Å². The number of alkyl halides is 1. The number of benzene rings is 1. The number of hydrogen-bond acceptors (Lipinski definition) is 1. The van der Waals surface area contributed by atoms with Crippen LogP contribution < -0.4 is 0 Å². The molecule has 17 heavy (non-hydrogen) atoms. The zero-order chi connectivity index (χ0) is 12.4. The van der Waals surface area contributed by atoms with Gasteiger partial charge in [-0.2, -0.15) is 0 Å². The van der Waals surface area contributed by atoms with E-state index in [1.165, 1.54) is 26.4 Å². The number of hydrogen-bond donors (Lipinski definition) is 0. The molecule has 0 N–H and O–H groups in total. The van der Waals surface area contributed by atoms with Gasteiger partial charge in [0.05, 0.1) is 5.38 Å². The van der Waals surface area contributed by atoms with Crippen LogP contribution in [0.5, 0.6) is 0 Å². The van der Waals surface area contributed by atoms with E-state index >= 15 is 0 Å². The molecule has 0 aliphatic carbocycles. The summed E-state index contributed by atoms with van der Waals surface area (Å²) in [6, 6.07) is 10.8. The Morgan fingerprint density at radius 2 is 1.76 bits per heavy atom. The van der Waals surface area contributed by atoms with E-state index in [9.17, 15) is 0 Å². The first-order valence-corrected chi connectivity index (χ1v) is 7.08. The summed E-state index contributed by atoms with van der Waals surface area (Å²) in [6.45, 7) is 6.40. The van der Waals surface area contributed by atoms with Gasteiger partial charge in [-0.25, -0.2) is 0 Å². The zero-order valence-electron chi connectivity index (χ0n) is 10.5. The molecule has 0 spiro atoms. The standard InChI is InChI=1S/C15H17ClS/c1-10-4-6-13(7-5-10)9-14(16)15-8-11(2)12(3)17-15/h4-8,14H,9H2,1-3H3. The van der Waals surface area contributed by atoms with Crippen molar-refractivity contribution in [2.24, 2.45) is 0 Å². The average Bonchev–Trinajstić information content (AvgIpc) is 2.63. The maximum absolute atomic E-state index is 6.48. The van der Waals surface area contributed by atoms with E-state index < -0.39 is 0 Å². The summed E-state index contributed by atoms with van der Waals surface area (Å²) < 4.78 is 0. The molecule has 0 amide bonds. The van der Waals surface area contributed by atoms with Gasteiger partial charge in [-0.3, -0.25) is 0 Å². The van der Waals surface area contributed by atoms with Crippen LogP contribution in [0.3, 0.4) is 0 Å². The Labute approximate surface area is 112 Å². The second-order valence-electron chi connectivity index (χ2n) is 4.55. The largest absolute Gasteiger partial charge is 0.144 e. The molecule has 0 fully saturated rings. The summed E-state index contributed by atoms with van der Waals surface area (Å²) >= 11 is 8.29. The lowest BCUT2D eigenvalue weighted by Crippen LogP contribution is -1.93. The monoisotopic (exact) mass is 264 g/mol. The van der Waals surface area contributed by atoms with E-state index in [2.05, 4.69) is 51.1 Å². The van der Waals surface area contributed by atoms with Crippen molar-refractivity contribution in [3.8, 4) is 0 Å². The maximum Gasteiger partial charge on any atom is 0.0719 e. The Morgan fingerprint density at radius 3 is 2.29 bits per heavy atom. The van der Waals surface area contributed by atoms with Crippen LogP contribution in [0.25, 0.3) is 0 Å². The predicted molar refractivity (Wildman–Crippen MR) is 77.3 cm³/mol. The van der Waals surface area contributed by atoms with Crippen LogP contribution in [0, 0.1) is 20.8 Å². The minimum Gasteiger partial charge on any atom is -0.144 e.